The molecule has 6 nitrogen and oxygen atoms in total. The maximum Gasteiger partial charge on any atom is 0.250 e. The number of nitrogens with one attached hydrogen (secondary N) is 1. The molecule has 2 aromatic heterocycles. The number of para-hydroxylation sites is 1. The largest absolute Gasteiger partial charge is 0.496 e. The minimum atomic E-state index is -3.69. The molecule has 0 saturated heterocycles. The number of carbonyl (C=O) groups excluding carboxylic acids is 1. The van der Waals surface area contributed by atoms with E-state index in [0.717, 1.165) is 21.8 Å². The fourth-order valence-corrected chi connectivity index (χ4v) is 5.35. The number of sulfonamides is 1. The van der Waals surface area contributed by atoms with Gasteiger partial charge in [0.2, 0.25) is 5.91 Å². The number of hydrogen-bond donors (Lipinski definition) is 1. The molecule has 148 valence electrons. The maximum atomic E-state index is 12.9. The molecule has 0 spiro atoms. The molecule has 0 radical (unpaired) electrons. The molecule has 9 heteroatoms. The second-order valence-electron chi connectivity index (χ2n) is 5.90. The Labute approximate surface area is 172 Å². The van der Waals surface area contributed by atoms with E-state index in [9.17, 15) is 13.2 Å². The Kier molecular flexibility index (Phi) is 6.84. The smallest absolute Gasteiger partial charge is 0.250 e. The van der Waals surface area contributed by atoms with Crippen LogP contribution in [0.15, 0.2) is 63.5 Å². The SMILES string of the molecule is COc1ccccc1CN(Cc1cccs1)C(=O)CNS(=O)(=O)c1cccs1. The van der Waals surface area contributed by atoms with Gasteiger partial charge < -0.3 is 9.64 Å². The summed E-state index contributed by atoms with van der Waals surface area (Å²) < 4.78 is 32.6. The molecule has 2 heterocycles. The lowest BCUT2D eigenvalue weighted by molar-refractivity contribution is -0.131. The molecule has 0 unspecified atom stereocenters. The van der Waals surface area contributed by atoms with Crippen LogP contribution in [0.25, 0.3) is 0 Å². The molecule has 0 saturated carbocycles. The van der Waals surface area contributed by atoms with Gasteiger partial charge in [0, 0.05) is 17.0 Å². The number of rotatable bonds is 9. The predicted molar refractivity (Wildman–Crippen MR) is 111 cm³/mol. The Morgan fingerprint density at radius 3 is 2.46 bits per heavy atom. The van der Waals surface area contributed by atoms with Gasteiger partial charge in [-0.1, -0.05) is 30.3 Å². The summed E-state index contributed by atoms with van der Waals surface area (Å²) in [6.07, 6.45) is 0. The Hall–Kier alpha value is -2.20. The number of ether oxygens (including phenoxy) is 1. The minimum absolute atomic E-state index is 0.190. The molecule has 0 fully saturated rings. The van der Waals surface area contributed by atoms with Crippen molar-refractivity contribution in [3.8, 4) is 5.75 Å². The first kappa shape index (κ1) is 20.5. The molecule has 1 amide bonds. The van der Waals surface area contributed by atoms with Gasteiger partial charge in [0.05, 0.1) is 20.2 Å². The summed E-state index contributed by atoms with van der Waals surface area (Å²) in [5, 5.41) is 3.63. The van der Waals surface area contributed by atoms with Gasteiger partial charge in [-0.25, -0.2) is 13.1 Å². The lowest BCUT2D eigenvalue weighted by atomic mass is 10.2. The Balaban J connectivity index is 1.75. The van der Waals surface area contributed by atoms with Gasteiger partial charge in [-0.05, 0) is 29.0 Å². The van der Waals surface area contributed by atoms with Gasteiger partial charge in [0.1, 0.15) is 9.96 Å². The molecular formula is C19H20N2O4S3. The molecule has 3 aromatic rings. The van der Waals surface area contributed by atoms with Gasteiger partial charge in [-0.3, -0.25) is 4.79 Å². The Morgan fingerprint density at radius 2 is 1.79 bits per heavy atom. The number of methoxy groups -OCH3 is 1. The van der Waals surface area contributed by atoms with E-state index in [1.54, 1.807) is 34.8 Å². The van der Waals surface area contributed by atoms with Crippen molar-refractivity contribution in [3.05, 3.63) is 69.7 Å². The normalized spacial score (nSPS) is 11.3. The summed E-state index contributed by atoms with van der Waals surface area (Å²) in [5.41, 5.74) is 0.857. The van der Waals surface area contributed by atoms with Crippen molar-refractivity contribution in [1.82, 2.24) is 9.62 Å². The third-order valence-corrected chi connectivity index (χ3v) is 7.67. The van der Waals surface area contributed by atoms with Gasteiger partial charge in [-0.2, -0.15) is 0 Å². The van der Waals surface area contributed by atoms with Crippen molar-refractivity contribution in [2.24, 2.45) is 0 Å². The monoisotopic (exact) mass is 436 g/mol. The van der Waals surface area contributed by atoms with Crippen molar-refractivity contribution in [3.63, 3.8) is 0 Å². The molecule has 0 aliphatic heterocycles. The van der Waals surface area contributed by atoms with Crippen LogP contribution in [0.1, 0.15) is 10.4 Å². The zero-order valence-corrected chi connectivity index (χ0v) is 17.6. The van der Waals surface area contributed by atoms with Crippen LogP contribution in [-0.4, -0.2) is 32.9 Å². The van der Waals surface area contributed by atoms with Crippen LogP contribution in [-0.2, 0) is 27.9 Å². The van der Waals surface area contributed by atoms with Crippen molar-refractivity contribution >= 4 is 38.6 Å². The van der Waals surface area contributed by atoms with Crippen LogP contribution in [0.2, 0.25) is 0 Å². The van der Waals surface area contributed by atoms with E-state index < -0.39 is 10.0 Å². The van der Waals surface area contributed by atoms with E-state index in [1.165, 1.54) is 6.07 Å². The molecular weight excluding hydrogens is 416 g/mol. The number of hydrogen-bond acceptors (Lipinski definition) is 6. The first-order valence-corrected chi connectivity index (χ1v) is 11.7. The van der Waals surface area contributed by atoms with Crippen molar-refractivity contribution in [1.29, 1.82) is 0 Å². The third kappa shape index (κ3) is 5.20. The van der Waals surface area contributed by atoms with E-state index in [-0.39, 0.29) is 16.7 Å². The number of amides is 1. The zero-order valence-electron chi connectivity index (χ0n) is 15.2. The standard InChI is InChI=1S/C19H20N2O4S3/c1-25-17-8-3-2-6-15(17)13-21(14-16-7-4-10-26-16)18(22)12-20-28(23,24)19-9-5-11-27-19/h2-11,20H,12-14H2,1H3. The number of carbonyl (C=O) groups is 1. The highest BCUT2D eigenvalue weighted by Gasteiger charge is 2.21. The van der Waals surface area contributed by atoms with Gasteiger partial charge >= 0.3 is 0 Å². The highest BCUT2D eigenvalue weighted by molar-refractivity contribution is 7.91. The molecule has 0 atom stereocenters. The second kappa shape index (κ2) is 9.33. The highest BCUT2D eigenvalue weighted by atomic mass is 32.2. The lowest BCUT2D eigenvalue weighted by Gasteiger charge is -2.23. The number of thiophene rings is 2. The van der Waals surface area contributed by atoms with E-state index >= 15 is 0 Å². The Morgan fingerprint density at radius 1 is 1.04 bits per heavy atom. The summed E-state index contributed by atoms with van der Waals surface area (Å²) in [6, 6.07) is 14.5. The quantitative estimate of drug-likeness (QED) is 0.558. The van der Waals surface area contributed by atoms with E-state index in [1.807, 2.05) is 41.8 Å². The summed E-state index contributed by atoms with van der Waals surface area (Å²) in [5.74, 6) is 0.380. The average Bonchev–Trinajstić information content (AvgIpc) is 3.40. The predicted octanol–water partition coefficient (Wildman–Crippen LogP) is 3.33. The van der Waals surface area contributed by atoms with Crippen LogP contribution < -0.4 is 9.46 Å². The van der Waals surface area contributed by atoms with Crippen LogP contribution in [0, 0.1) is 0 Å². The van der Waals surface area contributed by atoms with Crippen LogP contribution in [0.5, 0.6) is 5.75 Å². The maximum absolute atomic E-state index is 12.9. The fraction of sp³-hybridized carbons (Fsp3) is 0.211. The minimum Gasteiger partial charge on any atom is -0.496 e. The summed E-state index contributed by atoms with van der Waals surface area (Å²) >= 11 is 2.66. The topological polar surface area (TPSA) is 75.7 Å². The second-order valence-corrected chi connectivity index (χ2v) is 9.87. The van der Waals surface area contributed by atoms with Crippen molar-refractivity contribution in [2.75, 3.05) is 13.7 Å². The van der Waals surface area contributed by atoms with Gasteiger partial charge in [0.15, 0.2) is 0 Å². The molecule has 0 aliphatic rings. The molecule has 0 aliphatic carbocycles. The summed E-state index contributed by atoms with van der Waals surface area (Å²) in [4.78, 5) is 15.5. The van der Waals surface area contributed by atoms with Crippen LogP contribution in [0.4, 0.5) is 0 Å². The third-order valence-electron chi connectivity index (χ3n) is 4.01. The van der Waals surface area contributed by atoms with Crippen LogP contribution >= 0.6 is 22.7 Å². The molecule has 0 bridgehead atoms. The average molecular weight is 437 g/mol. The van der Waals surface area contributed by atoms with Crippen molar-refractivity contribution < 1.29 is 17.9 Å². The number of benzene rings is 1. The summed E-state index contributed by atoms with van der Waals surface area (Å²) in [7, 11) is -2.11. The Bertz CT molecular complexity index is 1000. The lowest BCUT2D eigenvalue weighted by Crippen LogP contribution is -2.39. The first-order chi connectivity index (χ1) is 13.5. The molecule has 1 aromatic carbocycles. The summed E-state index contributed by atoms with van der Waals surface area (Å²) in [6.45, 7) is 0.414. The number of nitrogens with zero attached hydrogens (tertiary/aromatic N) is 1. The van der Waals surface area contributed by atoms with Crippen molar-refractivity contribution in [2.45, 2.75) is 17.3 Å². The van der Waals surface area contributed by atoms with Crippen LogP contribution in [0.3, 0.4) is 0 Å². The highest BCUT2D eigenvalue weighted by Crippen LogP contribution is 2.22. The zero-order chi connectivity index (χ0) is 20.0. The van der Waals surface area contributed by atoms with Gasteiger partial charge in [0.25, 0.3) is 10.0 Å². The molecule has 3 rings (SSSR count). The van der Waals surface area contributed by atoms with E-state index in [4.69, 9.17) is 4.74 Å². The van der Waals surface area contributed by atoms with Gasteiger partial charge in [-0.15, -0.1) is 22.7 Å². The first-order valence-electron chi connectivity index (χ1n) is 8.45. The van der Waals surface area contributed by atoms with E-state index in [2.05, 4.69) is 4.72 Å². The van der Waals surface area contributed by atoms with E-state index in [0.29, 0.717) is 18.8 Å². The fourth-order valence-electron chi connectivity index (χ4n) is 2.62. The molecule has 28 heavy (non-hydrogen) atoms. The molecule has 1 N–H and O–H groups in total.